The first-order valence-corrected chi connectivity index (χ1v) is 3.85. The number of hydrogen-bond acceptors (Lipinski definition) is 2. The lowest BCUT2D eigenvalue weighted by Gasteiger charge is -2.09. The van der Waals surface area contributed by atoms with Crippen molar-refractivity contribution in [3.05, 3.63) is 23.0 Å². The molecular weight excluding hydrogens is 136 g/mol. The zero-order valence-corrected chi connectivity index (χ0v) is 7.81. The van der Waals surface area contributed by atoms with Crippen LogP contribution in [-0.4, -0.2) is 0 Å². The second kappa shape index (κ2) is 4.06. The Morgan fingerprint density at radius 1 is 1.18 bits per heavy atom. The molecule has 2 nitrogen and oxygen atoms in total. The summed E-state index contributed by atoms with van der Waals surface area (Å²) in [5.41, 5.74) is 14.0. The van der Waals surface area contributed by atoms with E-state index in [2.05, 4.69) is 13.8 Å². The van der Waals surface area contributed by atoms with E-state index in [-0.39, 0.29) is 0 Å². The molecule has 0 rings (SSSR count). The van der Waals surface area contributed by atoms with Crippen LogP contribution in [0.5, 0.6) is 0 Å². The van der Waals surface area contributed by atoms with Crippen molar-refractivity contribution >= 4 is 0 Å². The topological polar surface area (TPSA) is 52.0 Å². The Morgan fingerprint density at radius 3 is 1.73 bits per heavy atom. The van der Waals surface area contributed by atoms with Crippen LogP contribution in [-0.2, 0) is 0 Å². The van der Waals surface area contributed by atoms with Gasteiger partial charge < -0.3 is 11.5 Å². The van der Waals surface area contributed by atoms with E-state index in [4.69, 9.17) is 11.5 Å². The number of hydrogen-bond donors (Lipinski definition) is 2. The van der Waals surface area contributed by atoms with Crippen molar-refractivity contribution in [1.82, 2.24) is 0 Å². The highest BCUT2D eigenvalue weighted by atomic mass is 14.6. The van der Waals surface area contributed by atoms with E-state index < -0.39 is 0 Å². The summed E-state index contributed by atoms with van der Waals surface area (Å²) in [4.78, 5) is 0. The normalized spacial score (nSPS) is 15.2. The van der Waals surface area contributed by atoms with Gasteiger partial charge in [0.25, 0.3) is 0 Å². The van der Waals surface area contributed by atoms with Gasteiger partial charge in [0, 0.05) is 11.4 Å². The fourth-order valence-corrected chi connectivity index (χ4v) is 0.981. The molecule has 0 unspecified atom stereocenters. The maximum atomic E-state index is 5.67. The summed E-state index contributed by atoms with van der Waals surface area (Å²) >= 11 is 0. The highest BCUT2D eigenvalue weighted by molar-refractivity contribution is 5.26. The van der Waals surface area contributed by atoms with Crippen LogP contribution in [0.2, 0.25) is 0 Å². The minimum atomic E-state index is 0.443. The van der Waals surface area contributed by atoms with Crippen molar-refractivity contribution in [1.29, 1.82) is 0 Å². The molecule has 2 heteroatoms. The van der Waals surface area contributed by atoms with Crippen LogP contribution in [0.4, 0.5) is 0 Å². The highest BCUT2D eigenvalue weighted by Crippen LogP contribution is 2.13. The molecule has 0 heterocycles. The summed E-state index contributed by atoms with van der Waals surface area (Å²) in [7, 11) is 0. The second-order valence-electron chi connectivity index (χ2n) is 3.18. The molecule has 0 aromatic rings. The first-order valence-electron chi connectivity index (χ1n) is 3.85. The molecule has 64 valence electrons. The molecule has 0 aliphatic heterocycles. The lowest BCUT2D eigenvalue weighted by atomic mass is 10.0. The van der Waals surface area contributed by atoms with Crippen LogP contribution in [0.25, 0.3) is 0 Å². The molecule has 0 saturated carbocycles. The fraction of sp³-hybridized carbons (Fsp3) is 0.556. The van der Waals surface area contributed by atoms with Crippen molar-refractivity contribution < 1.29 is 0 Å². The Balaban J connectivity index is 4.66. The molecule has 0 aliphatic carbocycles. The van der Waals surface area contributed by atoms with Crippen LogP contribution < -0.4 is 11.5 Å². The summed E-state index contributed by atoms with van der Waals surface area (Å²) in [6.07, 6.45) is 1.93. The third-order valence-electron chi connectivity index (χ3n) is 1.46. The van der Waals surface area contributed by atoms with Gasteiger partial charge in [0.2, 0.25) is 0 Å². The van der Waals surface area contributed by atoms with Gasteiger partial charge in [0.1, 0.15) is 0 Å². The quantitative estimate of drug-likeness (QED) is 0.595. The molecule has 0 radical (unpaired) electrons. The van der Waals surface area contributed by atoms with Gasteiger partial charge in [0.15, 0.2) is 0 Å². The molecule has 0 aromatic carbocycles. The summed E-state index contributed by atoms with van der Waals surface area (Å²) in [6, 6.07) is 0. The van der Waals surface area contributed by atoms with Gasteiger partial charge in [0.05, 0.1) is 0 Å². The second-order valence-corrected chi connectivity index (χ2v) is 3.18. The van der Waals surface area contributed by atoms with Gasteiger partial charge in [-0.1, -0.05) is 13.8 Å². The van der Waals surface area contributed by atoms with E-state index >= 15 is 0 Å². The molecule has 4 N–H and O–H groups in total. The Bertz CT molecular complexity index is 180. The average molecular weight is 154 g/mol. The van der Waals surface area contributed by atoms with Crippen molar-refractivity contribution in [2.45, 2.75) is 27.7 Å². The van der Waals surface area contributed by atoms with Gasteiger partial charge in [-0.2, -0.15) is 0 Å². The van der Waals surface area contributed by atoms with Crippen molar-refractivity contribution in [2.24, 2.45) is 17.4 Å². The Morgan fingerprint density at radius 2 is 1.64 bits per heavy atom. The summed E-state index contributed by atoms with van der Waals surface area (Å²) in [6.45, 7) is 7.97. The molecule has 0 saturated heterocycles. The third kappa shape index (κ3) is 3.71. The Hall–Kier alpha value is -0.920. The maximum absolute atomic E-state index is 5.67. The predicted octanol–water partition coefficient (Wildman–Crippen LogP) is 1.74. The van der Waals surface area contributed by atoms with E-state index in [9.17, 15) is 0 Å². The van der Waals surface area contributed by atoms with Crippen LogP contribution in [0.15, 0.2) is 23.0 Å². The SMILES string of the molecule is C/C(N)=C/C(=C(/C)N)C(C)C. The van der Waals surface area contributed by atoms with Gasteiger partial charge in [-0.15, -0.1) is 0 Å². The van der Waals surface area contributed by atoms with E-state index in [1.54, 1.807) is 0 Å². The van der Waals surface area contributed by atoms with E-state index in [0.717, 1.165) is 17.0 Å². The van der Waals surface area contributed by atoms with E-state index in [1.807, 2.05) is 19.9 Å². The number of allylic oxidation sites excluding steroid dienone is 4. The largest absolute Gasteiger partial charge is 0.402 e. The molecular formula is C9H18N2. The maximum Gasteiger partial charge on any atom is 0.00846 e. The Kier molecular flexibility index (Phi) is 3.72. The van der Waals surface area contributed by atoms with Gasteiger partial charge in [-0.25, -0.2) is 0 Å². The molecule has 11 heavy (non-hydrogen) atoms. The first kappa shape index (κ1) is 10.1. The molecule has 0 atom stereocenters. The molecule has 0 aliphatic rings. The average Bonchev–Trinajstić information content (AvgIpc) is 1.81. The van der Waals surface area contributed by atoms with Crippen molar-refractivity contribution in [2.75, 3.05) is 0 Å². The third-order valence-corrected chi connectivity index (χ3v) is 1.46. The van der Waals surface area contributed by atoms with Crippen LogP contribution in [0, 0.1) is 5.92 Å². The summed E-state index contributed by atoms with van der Waals surface area (Å²) in [5, 5.41) is 0. The lowest BCUT2D eigenvalue weighted by molar-refractivity contribution is 0.775. The first-order chi connectivity index (χ1) is 4.95. The lowest BCUT2D eigenvalue weighted by Crippen LogP contribution is -2.04. The molecule has 0 spiro atoms. The smallest absolute Gasteiger partial charge is 0.00846 e. The van der Waals surface area contributed by atoms with Crippen molar-refractivity contribution in [3.63, 3.8) is 0 Å². The predicted molar refractivity (Wildman–Crippen MR) is 49.7 cm³/mol. The number of nitrogens with two attached hydrogens (primary N) is 2. The zero-order valence-electron chi connectivity index (χ0n) is 7.81. The van der Waals surface area contributed by atoms with E-state index in [0.29, 0.717) is 5.92 Å². The highest BCUT2D eigenvalue weighted by Gasteiger charge is 2.01. The number of rotatable bonds is 2. The van der Waals surface area contributed by atoms with Crippen LogP contribution >= 0.6 is 0 Å². The summed E-state index contributed by atoms with van der Waals surface area (Å²) < 4.78 is 0. The molecule has 0 amide bonds. The van der Waals surface area contributed by atoms with Crippen LogP contribution in [0.3, 0.4) is 0 Å². The monoisotopic (exact) mass is 154 g/mol. The van der Waals surface area contributed by atoms with Crippen molar-refractivity contribution in [3.8, 4) is 0 Å². The Labute approximate surface area is 69.0 Å². The molecule has 0 aromatic heterocycles. The van der Waals surface area contributed by atoms with Crippen LogP contribution in [0.1, 0.15) is 27.7 Å². The van der Waals surface area contributed by atoms with Gasteiger partial charge in [-0.05, 0) is 31.4 Å². The minimum absolute atomic E-state index is 0.443. The standard InChI is InChI=1S/C9H18N2/c1-6(2)9(8(4)11)5-7(3)10/h5-6H,10-11H2,1-4H3/b7-5-,9-8+. The minimum Gasteiger partial charge on any atom is -0.402 e. The van der Waals surface area contributed by atoms with E-state index in [1.165, 1.54) is 0 Å². The summed E-state index contributed by atoms with van der Waals surface area (Å²) in [5.74, 6) is 0.443. The van der Waals surface area contributed by atoms with Gasteiger partial charge in [-0.3, -0.25) is 0 Å². The fourth-order valence-electron chi connectivity index (χ4n) is 0.981. The zero-order chi connectivity index (χ0) is 9.02. The molecule has 0 bridgehead atoms. The molecule has 0 fully saturated rings. The van der Waals surface area contributed by atoms with Gasteiger partial charge >= 0.3 is 0 Å².